The molecule has 0 saturated heterocycles. The highest BCUT2D eigenvalue weighted by molar-refractivity contribution is 7.89. The SMILES string of the molecule is Cc1n[nH]c(C)c1S(=O)(=O)NCCNC(=O)C(c1ccccc1)c1ccccc1. The number of amides is 1. The number of nitrogens with one attached hydrogen (secondary N) is 3. The molecule has 0 aliphatic heterocycles. The fourth-order valence-electron chi connectivity index (χ4n) is 3.27. The Labute approximate surface area is 170 Å². The first-order chi connectivity index (χ1) is 13.9. The highest BCUT2D eigenvalue weighted by atomic mass is 32.2. The van der Waals surface area contributed by atoms with Crippen LogP contribution in [0.1, 0.15) is 28.4 Å². The van der Waals surface area contributed by atoms with Crippen LogP contribution >= 0.6 is 0 Å². The smallest absolute Gasteiger partial charge is 0.244 e. The maximum absolute atomic E-state index is 12.9. The fraction of sp³-hybridized carbons (Fsp3) is 0.238. The van der Waals surface area contributed by atoms with Gasteiger partial charge in [0.05, 0.1) is 17.3 Å². The van der Waals surface area contributed by atoms with E-state index in [1.807, 2.05) is 60.7 Å². The number of carbonyl (C=O) groups is 1. The summed E-state index contributed by atoms with van der Waals surface area (Å²) in [6, 6.07) is 19.0. The van der Waals surface area contributed by atoms with Crippen LogP contribution in [0.25, 0.3) is 0 Å². The maximum atomic E-state index is 12.9. The van der Waals surface area contributed by atoms with Gasteiger partial charge in [-0.1, -0.05) is 60.7 Å². The molecule has 3 rings (SSSR count). The largest absolute Gasteiger partial charge is 0.354 e. The predicted octanol–water partition coefficient (Wildman–Crippen LogP) is 2.25. The quantitative estimate of drug-likeness (QED) is 0.494. The van der Waals surface area contributed by atoms with Crippen molar-refractivity contribution in [2.24, 2.45) is 0 Å². The van der Waals surface area contributed by atoms with E-state index in [1.54, 1.807) is 13.8 Å². The molecule has 0 saturated carbocycles. The van der Waals surface area contributed by atoms with E-state index in [-0.39, 0.29) is 23.9 Å². The Morgan fingerprint density at radius 1 is 0.966 bits per heavy atom. The molecule has 0 radical (unpaired) electrons. The Kier molecular flexibility index (Phi) is 6.46. The topological polar surface area (TPSA) is 104 Å². The lowest BCUT2D eigenvalue weighted by Gasteiger charge is -2.18. The van der Waals surface area contributed by atoms with E-state index >= 15 is 0 Å². The van der Waals surface area contributed by atoms with E-state index in [9.17, 15) is 13.2 Å². The van der Waals surface area contributed by atoms with E-state index in [0.717, 1.165) is 11.1 Å². The molecule has 152 valence electrons. The van der Waals surface area contributed by atoms with E-state index in [2.05, 4.69) is 20.2 Å². The van der Waals surface area contributed by atoms with Crippen molar-refractivity contribution < 1.29 is 13.2 Å². The molecular formula is C21H24N4O3S. The van der Waals surface area contributed by atoms with Gasteiger partial charge in [0.25, 0.3) is 0 Å². The fourth-order valence-corrected chi connectivity index (χ4v) is 4.67. The van der Waals surface area contributed by atoms with E-state index < -0.39 is 15.9 Å². The lowest BCUT2D eigenvalue weighted by molar-refractivity contribution is -0.121. The molecular weight excluding hydrogens is 388 g/mol. The molecule has 0 aliphatic carbocycles. The van der Waals surface area contributed by atoms with Gasteiger partial charge in [-0.15, -0.1) is 0 Å². The highest BCUT2D eigenvalue weighted by Crippen LogP contribution is 2.24. The van der Waals surface area contributed by atoms with Crippen LogP contribution < -0.4 is 10.0 Å². The van der Waals surface area contributed by atoms with Crippen LogP contribution in [0.4, 0.5) is 0 Å². The summed E-state index contributed by atoms with van der Waals surface area (Å²) >= 11 is 0. The van der Waals surface area contributed by atoms with Crippen LogP contribution in [0.3, 0.4) is 0 Å². The van der Waals surface area contributed by atoms with Crippen LogP contribution in [-0.2, 0) is 14.8 Å². The van der Waals surface area contributed by atoms with Gasteiger partial charge in [-0.3, -0.25) is 9.89 Å². The average Bonchev–Trinajstić information content (AvgIpc) is 3.06. The minimum atomic E-state index is -3.70. The molecule has 1 heterocycles. The van der Waals surface area contributed by atoms with Crippen LogP contribution in [0.5, 0.6) is 0 Å². The normalized spacial score (nSPS) is 11.6. The molecule has 0 aliphatic rings. The Bertz CT molecular complexity index is 1000. The molecule has 2 aromatic carbocycles. The van der Waals surface area contributed by atoms with Crippen molar-refractivity contribution in [3.05, 3.63) is 83.2 Å². The van der Waals surface area contributed by atoms with Gasteiger partial charge < -0.3 is 5.32 Å². The number of benzene rings is 2. The number of carbonyl (C=O) groups excluding carboxylic acids is 1. The third-order valence-electron chi connectivity index (χ3n) is 4.57. The van der Waals surface area contributed by atoms with E-state index in [1.165, 1.54) is 0 Å². The summed E-state index contributed by atoms with van der Waals surface area (Å²) < 4.78 is 27.5. The van der Waals surface area contributed by atoms with Crippen molar-refractivity contribution in [1.29, 1.82) is 0 Å². The first-order valence-corrected chi connectivity index (χ1v) is 10.8. The molecule has 29 heavy (non-hydrogen) atoms. The van der Waals surface area contributed by atoms with Gasteiger partial charge in [-0.2, -0.15) is 5.10 Å². The van der Waals surface area contributed by atoms with Gasteiger partial charge in [-0.25, -0.2) is 13.1 Å². The molecule has 3 aromatic rings. The van der Waals surface area contributed by atoms with Crippen LogP contribution in [-0.4, -0.2) is 37.6 Å². The molecule has 0 unspecified atom stereocenters. The number of aryl methyl sites for hydroxylation is 2. The third-order valence-corrected chi connectivity index (χ3v) is 6.30. The Hall–Kier alpha value is -2.97. The lowest BCUT2D eigenvalue weighted by Crippen LogP contribution is -2.37. The Morgan fingerprint density at radius 2 is 1.52 bits per heavy atom. The summed E-state index contributed by atoms with van der Waals surface area (Å²) in [6.45, 7) is 3.53. The lowest BCUT2D eigenvalue weighted by atomic mass is 9.90. The molecule has 7 nitrogen and oxygen atoms in total. The summed E-state index contributed by atoms with van der Waals surface area (Å²) in [5, 5.41) is 9.42. The van der Waals surface area contributed by atoms with Crippen molar-refractivity contribution in [3.8, 4) is 0 Å². The molecule has 8 heteroatoms. The standard InChI is InChI=1S/C21H24N4O3S/c1-15-20(16(2)25-24-15)29(27,28)23-14-13-22-21(26)19(17-9-5-3-6-10-17)18-11-7-4-8-12-18/h3-12,19,23H,13-14H2,1-2H3,(H,22,26)(H,24,25). The molecule has 0 atom stereocenters. The second-order valence-corrected chi connectivity index (χ2v) is 8.41. The van der Waals surface area contributed by atoms with Crippen molar-refractivity contribution in [2.45, 2.75) is 24.7 Å². The summed E-state index contributed by atoms with van der Waals surface area (Å²) in [7, 11) is -3.70. The molecule has 3 N–H and O–H groups in total. The number of hydrogen-bond acceptors (Lipinski definition) is 4. The minimum absolute atomic E-state index is 0.0778. The van der Waals surface area contributed by atoms with Gasteiger partial charge in [0, 0.05) is 13.1 Å². The zero-order valence-corrected chi connectivity index (χ0v) is 17.2. The molecule has 0 bridgehead atoms. The summed E-state index contributed by atoms with van der Waals surface area (Å²) in [5.41, 5.74) is 2.64. The van der Waals surface area contributed by atoms with E-state index in [0.29, 0.717) is 11.4 Å². The van der Waals surface area contributed by atoms with Crippen molar-refractivity contribution in [2.75, 3.05) is 13.1 Å². The molecule has 1 aromatic heterocycles. The van der Waals surface area contributed by atoms with Gasteiger partial charge in [0.1, 0.15) is 4.90 Å². The zero-order valence-electron chi connectivity index (χ0n) is 16.3. The minimum Gasteiger partial charge on any atom is -0.354 e. The van der Waals surface area contributed by atoms with Gasteiger partial charge in [0.2, 0.25) is 15.9 Å². The monoisotopic (exact) mass is 412 g/mol. The number of nitrogens with zero attached hydrogens (tertiary/aromatic N) is 1. The molecule has 0 spiro atoms. The van der Waals surface area contributed by atoms with Crippen LogP contribution in [0.2, 0.25) is 0 Å². The highest BCUT2D eigenvalue weighted by Gasteiger charge is 2.24. The first-order valence-electron chi connectivity index (χ1n) is 9.29. The Balaban J connectivity index is 1.65. The predicted molar refractivity (Wildman–Crippen MR) is 111 cm³/mol. The zero-order chi connectivity index (χ0) is 20.9. The Morgan fingerprint density at radius 3 is 2.00 bits per heavy atom. The average molecular weight is 413 g/mol. The third kappa shape index (κ3) is 4.90. The van der Waals surface area contributed by atoms with Gasteiger partial charge >= 0.3 is 0 Å². The van der Waals surface area contributed by atoms with Crippen molar-refractivity contribution >= 4 is 15.9 Å². The second kappa shape index (κ2) is 9.02. The summed E-state index contributed by atoms with van der Waals surface area (Å²) in [4.78, 5) is 13.1. The van der Waals surface area contributed by atoms with Crippen molar-refractivity contribution in [1.82, 2.24) is 20.2 Å². The van der Waals surface area contributed by atoms with Gasteiger partial charge in [-0.05, 0) is 25.0 Å². The summed E-state index contributed by atoms with van der Waals surface area (Å²) in [6.07, 6.45) is 0. The number of aromatic amines is 1. The van der Waals surface area contributed by atoms with E-state index in [4.69, 9.17) is 0 Å². The van der Waals surface area contributed by atoms with Crippen molar-refractivity contribution in [3.63, 3.8) is 0 Å². The summed E-state index contributed by atoms with van der Waals surface area (Å²) in [5.74, 6) is -0.648. The van der Waals surface area contributed by atoms with Crippen LogP contribution in [0.15, 0.2) is 65.6 Å². The number of H-pyrrole nitrogens is 1. The van der Waals surface area contributed by atoms with Crippen LogP contribution in [0, 0.1) is 13.8 Å². The number of rotatable bonds is 8. The molecule has 1 amide bonds. The van der Waals surface area contributed by atoms with Gasteiger partial charge in [0.15, 0.2) is 0 Å². The number of hydrogen-bond donors (Lipinski definition) is 3. The second-order valence-electron chi connectivity index (χ2n) is 6.71. The number of aromatic nitrogens is 2. The number of sulfonamides is 1. The molecule has 0 fully saturated rings. The first kappa shape index (κ1) is 20.8. The maximum Gasteiger partial charge on any atom is 0.244 e.